The van der Waals surface area contributed by atoms with E-state index in [-0.39, 0.29) is 0 Å². The molecule has 0 bridgehead atoms. The van der Waals surface area contributed by atoms with Crippen LogP contribution in [0.4, 0.5) is 0 Å². The summed E-state index contributed by atoms with van der Waals surface area (Å²) in [6.45, 7) is 0. The fourth-order valence-electron chi connectivity index (χ4n) is 17.9. The van der Waals surface area contributed by atoms with E-state index in [1.54, 1.807) is 0 Å². The molecule has 0 N–H and O–H groups in total. The number of fused-ring (bicyclic) bond motifs is 22. The molecule has 0 saturated carbocycles. The van der Waals surface area contributed by atoms with Gasteiger partial charge in [0, 0.05) is 104 Å². The summed E-state index contributed by atoms with van der Waals surface area (Å²) < 4.78 is 24.8. The molecule has 107 heavy (non-hydrogen) atoms. The van der Waals surface area contributed by atoms with Crippen molar-refractivity contribution in [3.63, 3.8) is 0 Å². The normalized spacial score (nSPS) is 12.3. The standard InChI is InChI=1S/C98H57N7O2/c1-3-19-64(20-4-1)101-83-29-13-7-23-67(83)73-49-58(35-43-87(73)101)61-38-46-90-76(52-61)77-53-62(59-36-44-88-74(50-59)68-24-8-14-30-84(68)102(88)65-21-5-2-6-22-65)39-47-91(77)105(90)98-99-82-42-41-66(103-85-31-15-9-26-70(85)78-56-80-72-28-12-18-34-94(72)107-96(80)57-92(78)103)55-81(82)97(100-98)104-86-32-16-10-25-69(86)75-51-60(37-45-89(75)104)63-40-48-95-79(54-63)71-27-11-17-33-93(71)106-95/h1-57H. The van der Waals surface area contributed by atoms with Crippen molar-refractivity contribution in [2.75, 3.05) is 0 Å². The molecule has 0 aliphatic heterocycles. The van der Waals surface area contributed by atoms with E-state index in [9.17, 15) is 0 Å². The van der Waals surface area contributed by atoms with Crippen LogP contribution in [0.1, 0.15) is 0 Å². The van der Waals surface area contributed by atoms with Gasteiger partial charge in [-0.1, -0.05) is 182 Å². The van der Waals surface area contributed by atoms with Crippen molar-refractivity contribution >= 4 is 164 Å². The SMILES string of the molecule is c1ccc(-n2c3ccccc3c3cc(-c4ccc5c(c4)c4cc(-c6ccc7c(c6)c6ccccc6n7-c6ccccc6)ccc4n5-c4nc(-n5c6ccccc6c6cc(-c7ccc8oc9ccccc9c8c7)ccc65)c5cc(-n6c7ccccc7c7cc8c(cc76)oc6ccccc68)ccc5n4)ccc32)cc1. The minimum Gasteiger partial charge on any atom is -0.456 e. The molecule has 0 aliphatic rings. The largest absolute Gasteiger partial charge is 0.456 e. The first-order chi connectivity index (χ1) is 53.0. The minimum atomic E-state index is 0.554. The molecule has 24 rings (SSSR count). The van der Waals surface area contributed by atoms with Crippen LogP contribution in [-0.2, 0) is 0 Å². The van der Waals surface area contributed by atoms with Gasteiger partial charge in [0.05, 0.1) is 60.7 Å². The monoisotopic (exact) mass is 1360 g/mol. The maximum atomic E-state index is 6.65. The Kier molecular flexibility index (Phi) is 11.9. The average Bonchev–Trinajstić information content (AvgIpc) is 1.59. The summed E-state index contributed by atoms with van der Waals surface area (Å²) in [6.07, 6.45) is 0. The van der Waals surface area contributed by atoms with Crippen molar-refractivity contribution in [2.45, 2.75) is 0 Å². The highest BCUT2D eigenvalue weighted by Crippen LogP contribution is 2.46. The zero-order valence-corrected chi connectivity index (χ0v) is 57.4. The van der Waals surface area contributed by atoms with E-state index in [2.05, 4.69) is 350 Å². The number of rotatable bonds is 8. The minimum absolute atomic E-state index is 0.554. The summed E-state index contributed by atoms with van der Waals surface area (Å²) in [5.41, 5.74) is 25.0. The van der Waals surface area contributed by atoms with Gasteiger partial charge in [0.1, 0.15) is 22.3 Å². The Labute approximate surface area is 609 Å². The third-order valence-corrected chi connectivity index (χ3v) is 22.7. The highest BCUT2D eigenvalue weighted by molar-refractivity contribution is 6.20. The zero-order valence-electron chi connectivity index (χ0n) is 57.4. The fraction of sp³-hybridized carbons (Fsp3) is 0. The Hall–Kier alpha value is -14.5. The van der Waals surface area contributed by atoms with Gasteiger partial charge >= 0.3 is 0 Å². The van der Waals surface area contributed by atoms with E-state index in [4.69, 9.17) is 18.8 Å². The third kappa shape index (κ3) is 8.44. The number of aromatic nitrogens is 7. The first-order valence-corrected chi connectivity index (χ1v) is 36.4. The molecule has 9 nitrogen and oxygen atoms in total. The van der Waals surface area contributed by atoms with Crippen LogP contribution in [-0.4, -0.2) is 32.8 Å². The van der Waals surface area contributed by atoms with Crippen LogP contribution >= 0.6 is 0 Å². The molecule has 8 heterocycles. The molecule has 0 spiro atoms. The van der Waals surface area contributed by atoms with Crippen molar-refractivity contribution in [3.8, 4) is 62.2 Å². The van der Waals surface area contributed by atoms with Crippen LogP contribution < -0.4 is 0 Å². The lowest BCUT2D eigenvalue weighted by Gasteiger charge is -2.16. The predicted octanol–water partition coefficient (Wildman–Crippen LogP) is 25.9. The molecular weight excluding hydrogens is 1310 g/mol. The van der Waals surface area contributed by atoms with Crippen molar-refractivity contribution in [3.05, 3.63) is 346 Å². The lowest BCUT2D eigenvalue weighted by molar-refractivity contribution is 0.668. The van der Waals surface area contributed by atoms with E-state index in [0.29, 0.717) is 5.95 Å². The summed E-state index contributed by atoms with van der Waals surface area (Å²) >= 11 is 0. The fourth-order valence-corrected chi connectivity index (χ4v) is 17.9. The van der Waals surface area contributed by atoms with E-state index in [1.807, 2.05) is 18.2 Å². The number of benzene rings is 16. The van der Waals surface area contributed by atoms with Crippen molar-refractivity contribution < 1.29 is 8.83 Å². The number of furan rings is 2. The maximum absolute atomic E-state index is 6.65. The van der Waals surface area contributed by atoms with E-state index in [0.717, 1.165) is 187 Å². The Morgan fingerprint density at radius 3 is 1.00 bits per heavy atom. The number of nitrogens with zero attached hydrogens (tertiary/aromatic N) is 7. The van der Waals surface area contributed by atoms with Gasteiger partial charge in [0.15, 0.2) is 5.82 Å². The molecule has 0 radical (unpaired) electrons. The number of para-hydroxylation sites is 8. The average molecular weight is 1360 g/mol. The van der Waals surface area contributed by atoms with Gasteiger partial charge in [0.2, 0.25) is 5.95 Å². The molecule has 0 fully saturated rings. The predicted molar refractivity (Wildman–Crippen MR) is 442 cm³/mol. The number of hydrogen-bond donors (Lipinski definition) is 0. The highest BCUT2D eigenvalue weighted by Gasteiger charge is 2.26. The van der Waals surface area contributed by atoms with Gasteiger partial charge in [-0.05, 0) is 191 Å². The molecule has 0 aliphatic carbocycles. The van der Waals surface area contributed by atoms with Gasteiger partial charge in [-0.3, -0.25) is 9.13 Å². The molecule has 24 aromatic rings. The van der Waals surface area contributed by atoms with Crippen LogP contribution in [0.5, 0.6) is 0 Å². The third-order valence-electron chi connectivity index (χ3n) is 22.7. The Bertz CT molecular complexity index is 7740. The molecule has 9 heteroatoms. The molecule has 0 atom stereocenters. The quantitative estimate of drug-likeness (QED) is 0.152. The summed E-state index contributed by atoms with van der Waals surface area (Å²) in [6, 6.07) is 126. The molecule has 0 unspecified atom stereocenters. The second-order valence-electron chi connectivity index (χ2n) is 28.4. The second-order valence-corrected chi connectivity index (χ2v) is 28.4. The Morgan fingerprint density at radius 1 is 0.178 bits per heavy atom. The van der Waals surface area contributed by atoms with E-state index < -0.39 is 0 Å². The van der Waals surface area contributed by atoms with Crippen LogP contribution in [0.25, 0.3) is 226 Å². The first-order valence-electron chi connectivity index (χ1n) is 36.4. The molecular formula is C98H57N7O2. The van der Waals surface area contributed by atoms with Crippen LogP contribution in [0, 0.1) is 0 Å². The van der Waals surface area contributed by atoms with Crippen LogP contribution in [0.2, 0.25) is 0 Å². The van der Waals surface area contributed by atoms with Gasteiger partial charge in [-0.15, -0.1) is 0 Å². The van der Waals surface area contributed by atoms with Gasteiger partial charge in [-0.25, -0.2) is 4.98 Å². The number of hydrogen-bond acceptors (Lipinski definition) is 4. The second kappa shape index (κ2) is 22.0. The first kappa shape index (κ1) is 58.0. The van der Waals surface area contributed by atoms with E-state index >= 15 is 0 Å². The lowest BCUT2D eigenvalue weighted by Crippen LogP contribution is -2.08. The maximum Gasteiger partial charge on any atom is 0.237 e. The summed E-state index contributed by atoms with van der Waals surface area (Å²) in [4.78, 5) is 11.9. The summed E-state index contributed by atoms with van der Waals surface area (Å²) in [5, 5.41) is 16.8. The van der Waals surface area contributed by atoms with Crippen LogP contribution in [0.15, 0.2) is 355 Å². The topological polar surface area (TPSA) is 76.7 Å². The summed E-state index contributed by atoms with van der Waals surface area (Å²) in [7, 11) is 0. The van der Waals surface area contributed by atoms with Gasteiger partial charge in [-0.2, -0.15) is 4.98 Å². The Morgan fingerprint density at radius 2 is 0.514 bits per heavy atom. The van der Waals surface area contributed by atoms with Crippen molar-refractivity contribution in [1.29, 1.82) is 0 Å². The van der Waals surface area contributed by atoms with Gasteiger partial charge < -0.3 is 22.5 Å². The van der Waals surface area contributed by atoms with Gasteiger partial charge in [0.25, 0.3) is 0 Å². The highest BCUT2D eigenvalue weighted by atomic mass is 16.3. The van der Waals surface area contributed by atoms with E-state index in [1.165, 1.54) is 32.6 Å². The summed E-state index contributed by atoms with van der Waals surface area (Å²) in [5.74, 6) is 1.31. The zero-order chi connectivity index (χ0) is 69.7. The molecule has 496 valence electrons. The van der Waals surface area contributed by atoms with Crippen molar-refractivity contribution in [1.82, 2.24) is 32.8 Å². The molecule has 16 aromatic carbocycles. The lowest BCUT2D eigenvalue weighted by atomic mass is 9.98. The molecule has 0 amide bonds. The van der Waals surface area contributed by atoms with Crippen molar-refractivity contribution in [2.24, 2.45) is 0 Å². The molecule has 8 aromatic heterocycles. The smallest absolute Gasteiger partial charge is 0.237 e. The molecule has 0 saturated heterocycles. The Balaban J connectivity index is 0.753. The van der Waals surface area contributed by atoms with Crippen LogP contribution in [0.3, 0.4) is 0 Å².